The minimum absolute atomic E-state index is 0. The van der Waals surface area contributed by atoms with E-state index in [1.54, 1.807) is 0 Å². The van der Waals surface area contributed by atoms with Crippen molar-refractivity contribution in [3.8, 4) is 0 Å². The van der Waals surface area contributed by atoms with Crippen LogP contribution in [-0.2, 0) is 19.4 Å². The van der Waals surface area contributed by atoms with Crippen LogP contribution in [0.25, 0.3) is 0 Å². The maximum absolute atomic E-state index is 8.56. The van der Waals surface area contributed by atoms with Crippen LogP contribution in [0, 0.1) is 37.3 Å². The van der Waals surface area contributed by atoms with E-state index in [2.05, 4.69) is 0 Å². The van der Waals surface area contributed by atoms with Crippen molar-refractivity contribution in [3.63, 3.8) is 0 Å². The van der Waals surface area contributed by atoms with Crippen molar-refractivity contribution in [2.45, 2.75) is 0 Å². The van der Waals surface area contributed by atoms with Gasteiger partial charge >= 0.3 is 0 Å². The van der Waals surface area contributed by atoms with E-state index in [0.29, 0.717) is 0 Å². The van der Waals surface area contributed by atoms with Gasteiger partial charge in [0, 0.05) is 48.3 Å². The summed E-state index contributed by atoms with van der Waals surface area (Å²) in [6.07, 6.45) is 0. The Morgan fingerprint density at radius 2 is 1.40 bits per heavy atom. The zero-order valence-corrected chi connectivity index (χ0v) is 4.63. The van der Waals surface area contributed by atoms with Gasteiger partial charge in [0.2, 0.25) is 0 Å². The molecule has 0 saturated heterocycles. The predicted octanol–water partition coefficient (Wildman–Crippen LogP) is -0.231. The minimum Gasteiger partial charge on any atom is -0.439 e. The smallest absolute Gasteiger partial charge is 0.0495 e. The predicted molar refractivity (Wildman–Crippen MR) is 11.4 cm³/mol. The molecular formula is HErO3S-. The summed E-state index contributed by atoms with van der Waals surface area (Å²) < 4.78 is 24.1. The van der Waals surface area contributed by atoms with Crippen LogP contribution in [0.3, 0.4) is 0 Å². The Morgan fingerprint density at radius 1 is 1.40 bits per heavy atom. The summed E-state index contributed by atoms with van der Waals surface area (Å²) in [5.41, 5.74) is 0. The van der Waals surface area contributed by atoms with E-state index < -0.39 is 11.0 Å². The van der Waals surface area contributed by atoms with Crippen molar-refractivity contribution in [2.75, 3.05) is 0 Å². The summed E-state index contributed by atoms with van der Waals surface area (Å²) in [5, 5.41) is 0. The van der Waals surface area contributed by atoms with Gasteiger partial charge in [-0.3, -0.25) is 0 Å². The van der Waals surface area contributed by atoms with E-state index in [-0.39, 0.29) is 37.3 Å². The molecule has 38 valence electrons. The van der Waals surface area contributed by atoms with Crippen LogP contribution < -0.4 is 0 Å². The summed E-state index contributed by atoms with van der Waals surface area (Å²) in [7, 11) is -2.86. The van der Waals surface area contributed by atoms with Gasteiger partial charge in [-0.05, 0) is 0 Å². The van der Waals surface area contributed by atoms with Crippen molar-refractivity contribution in [2.24, 2.45) is 0 Å². The zero-order valence-electron chi connectivity index (χ0n) is 1.96. The third-order valence-electron chi connectivity index (χ3n) is 0. The van der Waals surface area contributed by atoms with Crippen LogP contribution in [0.1, 0.15) is 0 Å². The number of rotatable bonds is 0. The molecule has 1 N–H and O–H groups in total. The van der Waals surface area contributed by atoms with Gasteiger partial charge in [0.25, 0.3) is 0 Å². The molecule has 0 aromatic rings. The van der Waals surface area contributed by atoms with Gasteiger partial charge in [0.1, 0.15) is 0 Å². The van der Waals surface area contributed by atoms with Crippen molar-refractivity contribution >= 4 is 11.0 Å². The quantitative estimate of drug-likeness (QED) is 0.366. The van der Waals surface area contributed by atoms with Gasteiger partial charge in [-0.25, -0.2) is 0 Å². The standard InChI is InChI=1S/Er.HO3S/c;1-4(2)3/h;(H,1,2,3)/q;-1. The Labute approximate surface area is 60.7 Å². The summed E-state index contributed by atoms with van der Waals surface area (Å²) in [6.45, 7) is 0. The SMILES string of the molecule is O=[S-](=O)O.[Er]. The van der Waals surface area contributed by atoms with Crippen LogP contribution in [0.5, 0.6) is 0 Å². The fraction of sp³-hybridized carbons (Fsp3) is 0. The first-order valence-corrected chi connectivity index (χ1v) is 1.55. The van der Waals surface area contributed by atoms with Gasteiger partial charge in [0.15, 0.2) is 0 Å². The van der Waals surface area contributed by atoms with Crippen molar-refractivity contribution in [3.05, 3.63) is 0 Å². The molecule has 0 fully saturated rings. The van der Waals surface area contributed by atoms with Gasteiger partial charge in [-0.1, -0.05) is 0 Å². The maximum Gasteiger partial charge on any atom is 0.0495 e. The molecule has 0 radical (unpaired) electrons. The van der Waals surface area contributed by atoms with E-state index in [0.717, 1.165) is 0 Å². The maximum atomic E-state index is 8.56. The third kappa shape index (κ3) is 38.4. The molecule has 0 aromatic carbocycles. The summed E-state index contributed by atoms with van der Waals surface area (Å²) in [6, 6.07) is 0. The first-order valence-electron chi connectivity index (χ1n) is 0.516. The molecule has 0 atom stereocenters. The Hall–Kier alpha value is 1.16. The molecule has 0 aliphatic rings. The third-order valence-corrected chi connectivity index (χ3v) is 0. The molecule has 0 aromatic heterocycles. The average molecular weight is 248 g/mol. The normalized spacial score (nSPS) is 6.80. The summed E-state index contributed by atoms with van der Waals surface area (Å²) in [5.74, 6) is 0. The fourth-order valence-corrected chi connectivity index (χ4v) is 0. The largest absolute Gasteiger partial charge is 0.439 e. The van der Waals surface area contributed by atoms with Crippen LogP contribution >= 0.6 is 0 Å². The second-order valence-electron chi connectivity index (χ2n) is 0.217. The first kappa shape index (κ1) is 9.48. The molecule has 5 heavy (non-hydrogen) atoms. The number of hydrogen-bond acceptors (Lipinski definition) is 3. The van der Waals surface area contributed by atoms with E-state index in [9.17, 15) is 0 Å². The van der Waals surface area contributed by atoms with E-state index in [1.165, 1.54) is 0 Å². The molecule has 0 saturated carbocycles. The average Bonchev–Trinajstić information content (AvgIpc) is 0.811. The van der Waals surface area contributed by atoms with Gasteiger partial charge in [-0.15, -0.1) is 0 Å². The van der Waals surface area contributed by atoms with Crippen LogP contribution in [-0.4, -0.2) is 4.55 Å². The Kier molecular flexibility index (Phi) is 9.77. The number of hydrogen-bond donors (Lipinski definition) is 1. The molecule has 5 heteroatoms. The Morgan fingerprint density at radius 3 is 1.40 bits per heavy atom. The van der Waals surface area contributed by atoms with Crippen molar-refractivity contribution in [1.82, 2.24) is 0 Å². The molecule has 0 heterocycles. The van der Waals surface area contributed by atoms with Crippen molar-refractivity contribution in [1.29, 1.82) is 0 Å². The second-order valence-corrected chi connectivity index (χ2v) is 0.651. The van der Waals surface area contributed by atoms with Gasteiger partial charge < -0.3 is 13.0 Å². The fourth-order valence-electron chi connectivity index (χ4n) is 0. The van der Waals surface area contributed by atoms with Crippen LogP contribution in [0.4, 0.5) is 0 Å². The van der Waals surface area contributed by atoms with E-state index in [4.69, 9.17) is 13.0 Å². The van der Waals surface area contributed by atoms with E-state index >= 15 is 0 Å². The molecule has 0 aliphatic carbocycles. The topological polar surface area (TPSA) is 54.4 Å². The zero-order chi connectivity index (χ0) is 3.58. The van der Waals surface area contributed by atoms with Gasteiger partial charge in [0.05, 0.1) is 0 Å². The van der Waals surface area contributed by atoms with Crippen LogP contribution in [0.15, 0.2) is 0 Å². The monoisotopic (exact) mass is 247 g/mol. The molecule has 3 nitrogen and oxygen atoms in total. The Bertz CT molecular complexity index is 55.3. The molecule has 0 aliphatic heterocycles. The van der Waals surface area contributed by atoms with Crippen molar-refractivity contribution < 1.29 is 50.3 Å². The molecule has 0 unspecified atom stereocenters. The first-order chi connectivity index (χ1) is 1.73. The minimum atomic E-state index is -2.86. The molecule has 0 spiro atoms. The second kappa shape index (κ2) is 5.16. The molecular weight excluding hydrogens is 247 g/mol. The molecule has 0 amide bonds. The van der Waals surface area contributed by atoms with E-state index in [1.807, 2.05) is 0 Å². The summed E-state index contributed by atoms with van der Waals surface area (Å²) in [4.78, 5) is 0. The van der Waals surface area contributed by atoms with Crippen LogP contribution in [0.2, 0.25) is 0 Å². The molecule has 0 rings (SSSR count). The molecule has 0 bridgehead atoms. The summed E-state index contributed by atoms with van der Waals surface area (Å²) >= 11 is 0. The Balaban J connectivity index is 0. The van der Waals surface area contributed by atoms with Gasteiger partial charge in [-0.2, -0.15) is 0 Å².